The van der Waals surface area contributed by atoms with Gasteiger partial charge in [-0.2, -0.15) is 0 Å². The van der Waals surface area contributed by atoms with Gasteiger partial charge in [0, 0.05) is 107 Å². The molecule has 1 saturated heterocycles. The summed E-state index contributed by atoms with van der Waals surface area (Å²) >= 11 is 0. The minimum Gasteiger partial charge on any atom is -0.480 e. The van der Waals surface area contributed by atoms with E-state index in [1.165, 1.54) is 0 Å². The van der Waals surface area contributed by atoms with Gasteiger partial charge in [0.05, 0.1) is 43.3 Å². The first-order valence-electron chi connectivity index (χ1n) is 19.0. The van der Waals surface area contributed by atoms with Crippen LogP contribution in [0.4, 0.5) is 5.69 Å². The van der Waals surface area contributed by atoms with Gasteiger partial charge in [-0.25, -0.2) is 0 Å². The lowest BCUT2D eigenvalue weighted by atomic mass is 10.1. The Morgan fingerprint density at radius 3 is 1.50 bits per heavy atom. The third kappa shape index (κ3) is 15.8. The molecule has 1 amide bonds. The molecule has 4 N–H and O–H groups in total. The number of hydrogen-bond acceptors (Lipinski definition) is 12. The van der Waals surface area contributed by atoms with Crippen LogP contribution in [0.15, 0.2) is 91.4 Å². The third-order valence-electron chi connectivity index (χ3n) is 9.32. The molecule has 5 rings (SSSR count). The predicted octanol–water partition coefficient (Wildman–Crippen LogP) is 1.89. The zero-order valence-corrected chi connectivity index (χ0v) is 32.3. The van der Waals surface area contributed by atoms with Crippen LogP contribution in [0.2, 0.25) is 0 Å². The Bertz CT molecular complexity index is 1940. The molecule has 4 heterocycles. The number of nitrogens with zero attached hydrogens (tertiary/aromatic N) is 8. The van der Waals surface area contributed by atoms with E-state index in [4.69, 9.17) is 0 Å². The van der Waals surface area contributed by atoms with E-state index in [-0.39, 0.29) is 32.1 Å². The molecule has 58 heavy (non-hydrogen) atoms. The van der Waals surface area contributed by atoms with Crippen LogP contribution in [-0.2, 0) is 38.8 Å². The van der Waals surface area contributed by atoms with Crippen molar-refractivity contribution >= 4 is 29.5 Å². The highest BCUT2D eigenvalue weighted by molar-refractivity contribution is 5.92. The third-order valence-corrected chi connectivity index (χ3v) is 9.32. The summed E-state index contributed by atoms with van der Waals surface area (Å²) in [5, 5.41) is 31.4. The normalized spacial score (nSPS) is 15.1. The first-order chi connectivity index (χ1) is 28.1. The van der Waals surface area contributed by atoms with E-state index in [9.17, 15) is 34.5 Å². The number of amides is 1. The van der Waals surface area contributed by atoms with Crippen LogP contribution in [0.1, 0.15) is 28.2 Å². The van der Waals surface area contributed by atoms with Gasteiger partial charge in [0.1, 0.15) is 0 Å². The lowest BCUT2D eigenvalue weighted by Gasteiger charge is -2.33. The van der Waals surface area contributed by atoms with Crippen LogP contribution < -0.4 is 5.32 Å². The summed E-state index contributed by atoms with van der Waals surface area (Å²) in [7, 11) is 0. The summed E-state index contributed by atoms with van der Waals surface area (Å²) in [6.45, 7) is 4.12. The summed E-state index contributed by atoms with van der Waals surface area (Å²) in [5.41, 5.74) is 4.60. The molecular formula is C42H49N9O7. The Labute approximate surface area is 337 Å². The first kappa shape index (κ1) is 43.0. The second-order valence-electron chi connectivity index (χ2n) is 14.0. The highest BCUT2D eigenvalue weighted by Crippen LogP contribution is 2.12. The molecule has 1 aliphatic heterocycles. The van der Waals surface area contributed by atoms with Crippen molar-refractivity contribution in [2.24, 2.45) is 0 Å². The second kappa shape index (κ2) is 22.6. The van der Waals surface area contributed by atoms with Gasteiger partial charge in [0.15, 0.2) is 0 Å². The Kier molecular flexibility index (Phi) is 16.8. The van der Waals surface area contributed by atoms with Gasteiger partial charge in [-0.05, 0) is 60.7 Å². The molecule has 1 aliphatic rings. The lowest BCUT2D eigenvalue weighted by molar-refractivity contribution is -0.140. The average molecular weight is 792 g/mol. The van der Waals surface area contributed by atoms with E-state index in [1.54, 1.807) is 33.3 Å². The molecule has 16 heteroatoms. The van der Waals surface area contributed by atoms with Crippen molar-refractivity contribution in [3.63, 3.8) is 0 Å². The quantitative estimate of drug-likeness (QED) is 0.127. The van der Waals surface area contributed by atoms with Crippen LogP contribution in [0.3, 0.4) is 0 Å². The summed E-state index contributed by atoms with van der Waals surface area (Å²) in [4.78, 5) is 70.7. The van der Waals surface area contributed by atoms with Crippen LogP contribution in [0.5, 0.6) is 0 Å². The highest BCUT2D eigenvalue weighted by atomic mass is 16.4. The standard InChI is InChI=1S/C42H49N9O7/c52-39(29-51(26-36-5-1-3-14-43-36)27-37-6-2-4-15-44-37)46-35-11-9-33(10-12-35)7-8-34-13-16-45-38(25-34)28-47-17-19-48(30-40(53)54)21-23-50(32-42(57)58)24-22-49(20-18-47)31-41(55)56/h1-6,9-16,25H,17-24,26-32H2,(H,46,52)(H,53,54)(H,55,56)(H,57,58). The number of anilines is 1. The highest BCUT2D eigenvalue weighted by Gasteiger charge is 2.21. The minimum atomic E-state index is -1.00. The van der Waals surface area contributed by atoms with Crippen molar-refractivity contribution in [1.82, 2.24) is 39.5 Å². The van der Waals surface area contributed by atoms with E-state index in [1.807, 2.05) is 77.7 Å². The largest absolute Gasteiger partial charge is 0.480 e. The Hall–Kier alpha value is -6.09. The Morgan fingerprint density at radius 1 is 0.569 bits per heavy atom. The number of rotatable bonds is 15. The zero-order valence-electron chi connectivity index (χ0n) is 32.3. The summed E-state index contributed by atoms with van der Waals surface area (Å²) in [6.07, 6.45) is 5.15. The predicted molar refractivity (Wildman–Crippen MR) is 215 cm³/mol. The van der Waals surface area contributed by atoms with Gasteiger partial charge in [0.25, 0.3) is 0 Å². The number of carboxylic acid groups (broad SMARTS) is 3. The topological polar surface area (TPSA) is 196 Å². The minimum absolute atomic E-state index is 0.144. The summed E-state index contributed by atoms with van der Waals surface area (Å²) < 4.78 is 0. The van der Waals surface area contributed by atoms with Gasteiger partial charge < -0.3 is 20.6 Å². The lowest BCUT2D eigenvalue weighted by Crippen LogP contribution is -2.48. The van der Waals surface area contributed by atoms with Crippen molar-refractivity contribution in [2.75, 3.05) is 83.9 Å². The zero-order chi connectivity index (χ0) is 41.1. The van der Waals surface area contributed by atoms with Crippen LogP contribution in [-0.4, -0.2) is 157 Å². The van der Waals surface area contributed by atoms with Crippen molar-refractivity contribution in [3.05, 3.63) is 120 Å². The van der Waals surface area contributed by atoms with E-state index in [0.29, 0.717) is 77.7 Å². The molecule has 16 nitrogen and oxygen atoms in total. The van der Waals surface area contributed by atoms with Crippen molar-refractivity contribution in [3.8, 4) is 11.8 Å². The molecule has 0 saturated carbocycles. The van der Waals surface area contributed by atoms with Gasteiger partial charge in [-0.1, -0.05) is 24.0 Å². The van der Waals surface area contributed by atoms with E-state index in [0.717, 1.165) is 28.2 Å². The van der Waals surface area contributed by atoms with E-state index < -0.39 is 17.9 Å². The van der Waals surface area contributed by atoms with Gasteiger partial charge in [-0.15, -0.1) is 0 Å². The van der Waals surface area contributed by atoms with Crippen LogP contribution >= 0.6 is 0 Å². The number of aromatic nitrogens is 3. The molecule has 0 aliphatic carbocycles. The number of benzene rings is 1. The van der Waals surface area contributed by atoms with Crippen molar-refractivity contribution in [2.45, 2.75) is 19.6 Å². The average Bonchev–Trinajstić information content (AvgIpc) is 3.19. The fraction of sp³-hybridized carbons (Fsp3) is 0.357. The number of pyridine rings is 3. The van der Waals surface area contributed by atoms with Gasteiger partial charge in [-0.3, -0.25) is 58.6 Å². The maximum Gasteiger partial charge on any atom is 0.317 e. The molecule has 4 aromatic rings. The molecule has 0 spiro atoms. The second-order valence-corrected chi connectivity index (χ2v) is 14.0. The number of carbonyl (C=O) groups excluding carboxylic acids is 1. The SMILES string of the molecule is O=C(O)CN1CCN(CC(=O)O)CCN(Cc2cc(C#Cc3ccc(NC(=O)CN(Cc4ccccn4)Cc4ccccn4)cc3)ccn2)CCN(CC(=O)O)CC1. The maximum absolute atomic E-state index is 13.1. The molecule has 0 radical (unpaired) electrons. The molecule has 3 aromatic heterocycles. The maximum atomic E-state index is 13.1. The molecule has 1 aromatic carbocycles. The summed E-state index contributed by atoms with van der Waals surface area (Å²) in [5.74, 6) is 3.26. The fourth-order valence-corrected chi connectivity index (χ4v) is 6.45. The Morgan fingerprint density at radius 2 is 1.03 bits per heavy atom. The number of aliphatic carboxylic acids is 3. The van der Waals surface area contributed by atoms with Crippen molar-refractivity contribution in [1.29, 1.82) is 0 Å². The van der Waals surface area contributed by atoms with Crippen LogP contribution in [0.25, 0.3) is 0 Å². The smallest absolute Gasteiger partial charge is 0.317 e. The molecular weight excluding hydrogens is 743 g/mol. The van der Waals surface area contributed by atoms with E-state index >= 15 is 0 Å². The molecule has 0 atom stereocenters. The Balaban J connectivity index is 1.20. The molecule has 1 fully saturated rings. The number of carbonyl (C=O) groups is 4. The first-order valence-corrected chi connectivity index (χ1v) is 19.0. The monoisotopic (exact) mass is 791 g/mol. The molecule has 0 bridgehead atoms. The molecule has 0 unspecified atom stereocenters. The number of nitrogens with one attached hydrogen (secondary N) is 1. The van der Waals surface area contributed by atoms with E-state index in [2.05, 4.69) is 37.0 Å². The van der Waals surface area contributed by atoms with Gasteiger partial charge >= 0.3 is 17.9 Å². The fourth-order valence-electron chi connectivity index (χ4n) is 6.45. The number of carboxylic acids is 3. The summed E-state index contributed by atoms with van der Waals surface area (Å²) in [6, 6.07) is 22.4. The van der Waals surface area contributed by atoms with Crippen LogP contribution in [0, 0.1) is 11.8 Å². The van der Waals surface area contributed by atoms with Crippen molar-refractivity contribution < 1.29 is 34.5 Å². The number of hydrogen-bond donors (Lipinski definition) is 4. The molecule has 304 valence electrons. The van der Waals surface area contributed by atoms with Gasteiger partial charge in [0.2, 0.25) is 5.91 Å².